The quantitative estimate of drug-likeness (QED) is 0.408. The molecule has 0 aliphatic heterocycles. The second-order valence-electron chi connectivity index (χ2n) is 2.13. The first-order valence-corrected chi connectivity index (χ1v) is 4.02. The van der Waals surface area contributed by atoms with Crippen molar-refractivity contribution in [2.24, 2.45) is 0 Å². The Morgan fingerprint density at radius 3 is 2.55 bits per heavy atom. The molecule has 2 nitrogen and oxygen atoms in total. The van der Waals surface area contributed by atoms with Crippen LogP contribution in [0.3, 0.4) is 0 Å². The van der Waals surface area contributed by atoms with Gasteiger partial charge in [-0.1, -0.05) is 28.1 Å². The Morgan fingerprint density at radius 2 is 2.00 bits per heavy atom. The molecule has 0 aliphatic rings. The summed E-state index contributed by atoms with van der Waals surface area (Å²) >= 11 is 3.33. The van der Waals surface area contributed by atoms with Gasteiger partial charge in [0.1, 0.15) is 0 Å². The van der Waals surface area contributed by atoms with Crippen molar-refractivity contribution in [3.63, 3.8) is 0 Å². The first-order valence-electron chi connectivity index (χ1n) is 3.23. The fraction of sp³-hybridized carbons (Fsp3) is 0.125. The van der Waals surface area contributed by atoms with Crippen LogP contribution in [0.25, 0.3) is 5.53 Å². The van der Waals surface area contributed by atoms with Crippen LogP contribution in [-0.4, -0.2) is 11.0 Å². The molecule has 1 aromatic carbocycles. The number of halogens is 1. The molecule has 0 aromatic heterocycles. The summed E-state index contributed by atoms with van der Waals surface area (Å²) in [6.07, 6.45) is 2.13. The zero-order chi connectivity index (χ0) is 8.10. The first kappa shape index (κ1) is 8.18. The lowest BCUT2D eigenvalue weighted by Crippen LogP contribution is -1.84. The van der Waals surface area contributed by atoms with Crippen LogP contribution >= 0.6 is 15.9 Å². The van der Waals surface area contributed by atoms with Gasteiger partial charge in [0, 0.05) is 4.47 Å². The van der Waals surface area contributed by atoms with Crippen molar-refractivity contribution in [1.82, 2.24) is 0 Å². The topological polar surface area (TPSA) is 36.4 Å². The van der Waals surface area contributed by atoms with E-state index in [0.29, 0.717) is 6.42 Å². The average Bonchev–Trinajstić information content (AvgIpc) is 2.04. The van der Waals surface area contributed by atoms with E-state index in [1.807, 2.05) is 24.3 Å². The van der Waals surface area contributed by atoms with Gasteiger partial charge in [-0.15, -0.1) is 0 Å². The van der Waals surface area contributed by atoms with Gasteiger partial charge in [0.05, 0.1) is 6.42 Å². The van der Waals surface area contributed by atoms with Gasteiger partial charge in [-0.05, 0) is 17.7 Å². The SMILES string of the molecule is [N-]=[N+]=CCc1ccc(Br)cc1. The van der Waals surface area contributed by atoms with Gasteiger partial charge in [0.15, 0.2) is 0 Å². The Kier molecular flexibility index (Phi) is 3.02. The van der Waals surface area contributed by atoms with E-state index in [9.17, 15) is 0 Å². The lowest BCUT2D eigenvalue weighted by atomic mass is 10.2. The lowest BCUT2D eigenvalue weighted by Gasteiger charge is -1.91. The van der Waals surface area contributed by atoms with Crippen molar-refractivity contribution in [1.29, 1.82) is 0 Å². The minimum Gasteiger partial charge on any atom is -0.362 e. The summed E-state index contributed by atoms with van der Waals surface area (Å²) in [5, 5.41) is 0. The highest BCUT2D eigenvalue weighted by Crippen LogP contribution is 2.09. The molecule has 11 heavy (non-hydrogen) atoms. The second kappa shape index (κ2) is 4.06. The van der Waals surface area contributed by atoms with E-state index < -0.39 is 0 Å². The van der Waals surface area contributed by atoms with Crippen LogP contribution < -0.4 is 0 Å². The van der Waals surface area contributed by atoms with Crippen molar-refractivity contribution in [3.8, 4) is 0 Å². The van der Waals surface area contributed by atoms with Crippen LogP contribution in [0.1, 0.15) is 5.56 Å². The molecule has 0 N–H and O–H groups in total. The van der Waals surface area contributed by atoms with Crippen LogP contribution in [0.5, 0.6) is 0 Å². The van der Waals surface area contributed by atoms with Crippen LogP contribution in [-0.2, 0) is 6.42 Å². The molecule has 0 heterocycles. The van der Waals surface area contributed by atoms with E-state index in [-0.39, 0.29) is 0 Å². The largest absolute Gasteiger partial charge is 0.362 e. The molecule has 0 amide bonds. The lowest BCUT2D eigenvalue weighted by molar-refractivity contribution is 0.00158. The standard InChI is InChI=1S/C8H7BrN2/c9-8-3-1-7(2-4-8)5-6-11-10/h1-4,6H,5H2. The van der Waals surface area contributed by atoms with Crippen molar-refractivity contribution in [3.05, 3.63) is 39.8 Å². The Labute approximate surface area is 73.6 Å². The highest BCUT2D eigenvalue weighted by atomic mass is 79.9. The minimum absolute atomic E-state index is 0.670. The maximum atomic E-state index is 8.14. The summed E-state index contributed by atoms with van der Waals surface area (Å²) in [5.74, 6) is 0. The summed E-state index contributed by atoms with van der Waals surface area (Å²) in [6, 6.07) is 7.87. The summed E-state index contributed by atoms with van der Waals surface area (Å²) in [5.41, 5.74) is 9.27. The molecule has 0 spiro atoms. The third-order valence-electron chi connectivity index (χ3n) is 1.32. The third kappa shape index (κ3) is 2.66. The molecule has 1 aromatic rings. The maximum Gasteiger partial charge on any atom is 0.261 e. The fourth-order valence-electron chi connectivity index (χ4n) is 0.767. The van der Waals surface area contributed by atoms with Crippen molar-refractivity contribution in [2.75, 3.05) is 0 Å². The smallest absolute Gasteiger partial charge is 0.261 e. The minimum atomic E-state index is 0.670. The molecule has 0 saturated carbocycles. The fourth-order valence-corrected chi connectivity index (χ4v) is 1.03. The molecule has 56 valence electrons. The van der Waals surface area contributed by atoms with Crippen molar-refractivity contribution >= 4 is 22.1 Å². The van der Waals surface area contributed by atoms with Crippen LogP contribution in [0.2, 0.25) is 0 Å². The van der Waals surface area contributed by atoms with Gasteiger partial charge >= 0.3 is 0 Å². The predicted molar refractivity (Wildman–Crippen MR) is 47.5 cm³/mol. The molecule has 0 unspecified atom stereocenters. The molecule has 0 atom stereocenters. The Bertz CT molecular complexity index is 273. The van der Waals surface area contributed by atoms with E-state index in [4.69, 9.17) is 5.53 Å². The number of nitrogens with zero attached hydrogens (tertiary/aromatic N) is 2. The van der Waals surface area contributed by atoms with Crippen molar-refractivity contribution < 1.29 is 4.79 Å². The molecular formula is C8H7BrN2. The van der Waals surface area contributed by atoms with Gasteiger partial charge in [0.2, 0.25) is 0 Å². The van der Waals surface area contributed by atoms with Crippen molar-refractivity contribution in [2.45, 2.75) is 6.42 Å². The molecule has 0 fully saturated rings. The second-order valence-corrected chi connectivity index (χ2v) is 3.04. The van der Waals surface area contributed by atoms with Gasteiger partial charge in [0.25, 0.3) is 6.21 Å². The van der Waals surface area contributed by atoms with Gasteiger partial charge in [-0.3, -0.25) is 0 Å². The highest BCUT2D eigenvalue weighted by molar-refractivity contribution is 9.10. The molecule has 1 rings (SSSR count). The summed E-state index contributed by atoms with van der Waals surface area (Å²) in [4.78, 5) is 2.92. The Morgan fingerprint density at radius 1 is 1.36 bits per heavy atom. The van der Waals surface area contributed by atoms with Gasteiger partial charge in [-0.25, -0.2) is 0 Å². The predicted octanol–water partition coefficient (Wildman–Crippen LogP) is 2.29. The molecule has 0 radical (unpaired) electrons. The molecular weight excluding hydrogens is 204 g/mol. The molecule has 0 saturated heterocycles. The van der Waals surface area contributed by atoms with E-state index in [0.717, 1.165) is 10.0 Å². The number of rotatable bonds is 2. The Hall–Kier alpha value is -0.920. The van der Waals surface area contributed by atoms with Gasteiger partial charge < -0.3 is 5.53 Å². The summed E-state index contributed by atoms with van der Waals surface area (Å²) in [6.45, 7) is 0. The number of hydrogen-bond donors (Lipinski definition) is 0. The molecule has 0 aliphatic carbocycles. The van der Waals surface area contributed by atoms with E-state index in [1.54, 1.807) is 0 Å². The third-order valence-corrected chi connectivity index (χ3v) is 1.85. The first-order chi connectivity index (χ1) is 5.33. The maximum absolute atomic E-state index is 8.14. The average molecular weight is 211 g/mol. The monoisotopic (exact) mass is 210 g/mol. The van der Waals surface area contributed by atoms with Crippen LogP contribution in [0.4, 0.5) is 0 Å². The Balaban J connectivity index is 2.73. The summed E-state index contributed by atoms with van der Waals surface area (Å²) in [7, 11) is 0. The van der Waals surface area contributed by atoms with E-state index in [1.165, 1.54) is 6.21 Å². The number of hydrogen-bond acceptors (Lipinski definition) is 0. The van der Waals surface area contributed by atoms with Crippen LogP contribution in [0.15, 0.2) is 28.7 Å². The summed E-state index contributed by atoms with van der Waals surface area (Å²) < 4.78 is 1.06. The molecule has 0 bridgehead atoms. The molecule has 3 heteroatoms. The van der Waals surface area contributed by atoms with Crippen LogP contribution in [0, 0.1) is 0 Å². The van der Waals surface area contributed by atoms with Gasteiger partial charge in [-0.2, -0.15) is 4.79 Å². The van der Waals surface area contributed by atoms with E-state index in [2.05, 4.69) is 20.7 Å². The number of benzene rings is 1. The zero-order valence-corrected chi connectivity index (χ0v) is 7.45. The normalized spacial score (nSPS) is 8.82. The highest BCUT2D eigenvalue weighted by Gasteiger charge is 1.91. The van der Waals surface area contributed by atoms with E-state index >= 15 is 0 Å². The zero-order valence-electron chi connectivity index (χ0n) is 5.87.